The van der Waals surface area contributed by atoms with Gasteiger partial charge in [0.1, 0.15) is 0 Å². The van der Waals surface area contributed by atoms with Crippen LogP contribution in [0.5, 0.6) is 0 Å². The van der Waals surface area contributed by atoms with E-state index >= 15 is 0 Å². The highest BCUT2D eigenvalue weighted by atomic mass is 16.5. The van der Waals surface area contributed by atoms with Gasteiger partial charge in [-0.3, -0.25) is 9.59 Å². The average Bonchev–Trinajstić information content (AvgIpc) is 3.15. The van der Waals surface area contributed by atoms with E-state index in [2.05, 4.69) is 41.5 Å². The molecule has 2 atom stereocenters. The van der Waals surface area contributed by atoms with E-state index in [0.29, 0.717) is 25.6 Å². The lowest BCUT2D eigenvalue weighted by Gasteiger charge is -2.14. The van der Waals surface area contributed by atoms with Crippen molar-refractivity contribution in [2.45, 2.75) is 273 Å². The third-order valence-corrected chi connectivity index (χ3v) is 11.0. The normalized spacial score (nSPS) is 12.3. The molecule has 0 fully saturated rings. The summed E-state index contributed by atoms with van der Waals surface area (Å²) in [6.45, 7) is 14.5. The molecule has 2 unspecified atom stereocenters. The number of hydrogen-bond donors (Lipinski definition) is 0. The number of ether oxygens (including phenoxy) is 2. The van der Waals surface area contributed by atoms with Crippen LogP contribution in [0.15, 0.2) is 0 Å². The lowest BCUT2D eigenvalue weighted by molar-refractivity contribution is -0.149. The van der Waals surface area contributed by atoms with E-state index in [-0.39, 0.29) is 17.9 Å². The number of hydrogen-bond acceptors (Lipinski definition) is 4. The molecule has 0 aromatic carbocycles. The Hall–Kier alpha value is -1.06. The van der Waals surface area contributed by atoms with Crippen LogP contribution in [0.1, 0.15) is 273 Å². The quantitative estimate of drug-likeness (QED) is 0.0464. The second-order valence-corrected chi connectivity index (χ2v) is 16.1. The molecule has 0 amide bonds. The summed E-state index contributed by atoms with van der Waals surface area (Å²) in [5.41, 5.74) is 0. The highest BCUT2D eigenvalue weighted by molar-refractivity contribution is 5.72. The van der Waals surface area contributed by atoms with Crippen LogP contribution in [0.4, 0.5) is 0 Å². The zero-order valence-electron chi connectivity index (χ0n) is 36.7. The average molecular weight is 737 g/mol. The first-order valence-corrected chi connectivity index (χ1v) is 23.8. The Balaban J connectivity index is 0. The molecular weight excluding hydrogens is 641 g/mol. The first kappa shape index (κ1) is 53.0. The zero-order valence-corrected chi connectivity index (χ0v) is 36.7. The van der Waals surface area contributed by atoms with Gasteiger partial charge in [0.2, 0.25) is 0 Å². The number of carbonyl (C=O) groups is 2. The van der Waals surface area contributed by atoms with Gasteiger partial charge in [-0.25, -0.2) is 0 Å². The Bertz CT molecular complexity index is 692. The van der Waals surface area contributed by atoms with Crippen LogP contribution in [0.25, 0.3) is 0 Å². The summed E-state index contributed by atoms with van der Waals surface area (Å²) in [7, 11) is 0. The predicted octanol–water partition coefficient (Wildman–Crippen LogP) is 16.5. The minimum absolute atomic E-state index is 0.0167. The number of unbranched alkanes of at least 4 members (excludes halogenated alkanes) is 27. The van der Waals surface area contributed by atoms with Gasteiger partial charge in [0.25, 0.3) is 0 Å². The van der Waals surface area contributed by atoms with Crippen molar-refractivity contribution >= 4 is 11.9 Å². The van der Waals surface area contributed by atoms with Gasteiger partial charge in [0.05, 0.1) is 19.1 Å². The van der Waals surface area contributed by atoms with E-state index in [1.165, 1.54) is 180 Å². The van der Waals surface area contributed by atoms with Crippen LogP contribution in [-0.4, -0.2) is 25.2 Å². The molecule has 0 radical (unpaired) electrons. The Morgan fingerprint density at radius 1 is 0.385 bits per heavy atom. The molecule has 0 spiro atoms. The maximum Gasteiger partial charge on any atom is 0.308 e. The Morgan fingerprint density at radius 2 is 0.750 bits per heavy atom. The molecule has 312 valence electrons. The first-order valence-electron chi connectivity index (χ1n) is 23.8. The standard InChI is InChI=1S/2C24H48O2/c1-4-7-9-10-11-12-13-14-15-16-17-18-19-20-22-26-24(25)23(6-3)21-8-5-2;1-4-7-9-10-11-12-13-14-15-16-17-18-19-21-24(25)26-22-23(6-3)20-8-5-2/h2*23H,4-22H2,1-3H3. The summed E-state index contributed by atoms with van der Waals surface area (Å²) >= 11 is 0. The summed E-state index contributed by atoms with van der Waals surface area (Å²) < 4.78 is 10.9. The summed E-state index contributed by atoms with van der Waals surface area (Å²) in [6.07, 6.45) is 46.0. The van der Waals surface area contributed by atoms with Crippen molar-refractivity contribution < 1.29 is 19.1 Å². The van der Waals surface area contributed by atoms with E-state index in [1.54, 1.807) is 0 Å². The topological polar surface area (TPSA) is 52.6 Å². The highest BCUT2D eigenvalue weighted by Crippen LogP contribution is 2.17. The smallest absolute Gasteiger partial charge is 0.308 e. The molecule has 0 heterocycles. The summed E-state index contributed by atoms with van der Waals surface area (Å²) in [4.78, 5) is 23.8. The van der Waals surface area contributed by atoms with Crippen LogP contribution in [-0.2, 0) is 19.1 Å². The number of esters is 2. The maximum absolute atomic E-state index is 12.0. The van der Waals surface area contributed by atoms with E-state index in [1.807, 2.05) is 0 Å². The molecule has 0 aliphatic rings. The second-order valence-electron chi connectivity index (χ2n) is 16.1. The largest absolute Gasteiger partial charge is 0.465 e. The highest BCUT2D eigenvalue weighted by Gasteiger charge is 2.17. The number of carbonyl (C=O) groups excluding carboxylic acids is 2. The van der Waals surface area contributed by atoms with Crippen molar-refractivity contribution in [3.05, 3.63) is 0 Å². The van der Waals surface area contributed by atoms with Crippen LogP contribution in [0.3, 0.4) is 0 Å². The van der Waals surface area contributed by atoms with Crippen LogP contribution in [0.2, 0.25) is 0 Å². The molecule has 0 N–H and O–H groups in total. The van der Waals surface area contributed by atoms with Crippen molar-refractivity contribution in [1.82, 2.24) is 0 Å². The molecule has 0 aliphatic carbocycles. The zero-order chi connectivity index (χ0) is 38.6. The van der Waals surface area contributed by atoms with E-state index < -0.39 is 0 Å². The minimum atomic E-state index is 0.0167. The summed E-state index contributed by atoms with van der Waals surface area (Å²) in [5, 5.41) is 0. The first-order chi connectivity index (χ1) is 25.5. The third-order valence-electron chi connectivity index (χ3n) is 11.0. The maximum atomic E-state index is 12.0. The predicted molar refractivity (Wildman–Crippen MR) is 229 cm³/mol. The van der Waals surface area contributed by atoms with Crippen LogP contribution >= 0.6 is 0 Å². The van der Waals surface area contributed by atoms with E-state index in [4.69, 9.17) is 9.47 Å². The molecule has 4 heteroatoms. The molecule has 0 aromatic rings. The molecule has 0 rings (SSSR count). The van der Waals surface area contributed by atoms with E-state index in [0.717, 1.165) is 44.9 Å². The second kappa shape index (κ2) is 46.1. The molecule has 4 nitrogen and oxygen atoms in total. The third kappa shape index (κ3) is 41.7. The van der Waals surface area contributed by atoms with E-state index in [9.17, 15) is 9.59 Å². The van der Waals surface area contributed by atoms with Gasteiger partial charge >= 0.3 is 11.9 Å². The monoisotopic (exact) mass is 737 g/mol. The van der Waals surface area contributed by atoms with Gasteiger partial charge in [0.15, 0.2) is 0 Å². The van der Waals surface area contributed by atoms with Gasteiger partial charge in [-0.15, -0.1) is 0 Å². The molecule has 0 aromatic heterocycles. The van der Waals surface area contributed by atoms with Gasteiger partial charge < -0.3 is 9.47 Å². The Labute approximate surface area is 327 Å². The van der Waals surface area contributed by atoms with Crippen molar-refractivity contribution in [3.8, 4) is 0 Å². The molecular formula is C48H96O4. The molecule has 0 aliphatic heterocycles. The fourth-order valence-electron chi connectivity index (χ4n) is 6.99. The lowest BCUT2D eigenvalue weighted by Crippen LogP contribution is -2.17. The molecule has 52 heavy (non-hydrogen) atoms. The van der Waals surface area contributed by atoms with Crippen LogP contribution < -0.4 is 0 Å². The van der Waals surface area contributed by atoms with Crippen molar-refractivity contribution in [1.29, 1.82) is 0 Å². The fraction of sp³-hybridized carbons (Fsp3) is 0.958. The fourth-order valence-corrected chi connectivity index (χ4v) is 6.99. The minimum Gasteiger partial charge on any atom is -0.465 e. The Kier molecular flexibility index (Phi) is 47.0. The van der Waals surface area contributed by atoms with Gasteiger partial charge in [-0.1, -0.05) is 234 Å². The summed E-state index contributed by atoms with van der Waals surface area (Å²) in [5.74, 6) is 0.741. The van der Waals surface area contributed by atoms with Gasteiger partial charge in [0, 0.05) is 6.42 Å². The SMILES string of the molecule is CCCCCCCCCCCCCCCC(=O)OCC(CC)CCCC.CCCCCCCCCCCCCCCCOC(=O)C(CC)CCCC. The van der Waals surface area contributed by atoms with Crippen molar-refractivity contribution in [2.75, 3.05) is 13.2 Å². The van der Waals surface area contributed by atoms with Crippen molar-refractivity contribution in [3.63, 3.8) is 0 Å². The number of rotatable bonds is 40. The molecule has 0 saturated heterocycles. The van der Waals surface area contributed by atoms with Gasteiger partial charge in [-0.2, -0.15) is 0 Å². The van der Waals surface area contributed by atoms with Gasteiger partial charge in [-0.05, 0) is 38.0 Å². The Morgan fingerprint density at radius 3 is 1.13 bits per heavy atom. The summed E-state index contributed by atoms with van der Waals surface area (Å²) in [6, 6.07) is 0. The lowest BCUT2D eigenvalue weighted by atomic mass is 10.00. The molecule has 0 bridgehead atoms. The molecule has 0 saturated carbocycles. The van der Waals surface area contributed by atoms with Crippen molar-refractivity contribution in [2.24, 2.45) is 11.8 Å². The van der Waals surface area contributed by atoms with Crippen LogP contribution in [0, 0.1) is 11.8 Å².